The maximum atomic E-state index is 12.6. The van der Waals surface area contributed by atoms with Gasteiger partial charge in [0.15, 0.2) is 6.19 Å². The predicted molar refractivity (Wildman–Crippen MR) is 96.5 cm³/mol. The van der Waals surface area contributed by atoms with Crippen molar-refractivity contribution in [3.8, 4) is 18.0 Å². The first kappa shape index (κ1) is 18.4. The van der Waals surface area contributed by atoms with Gasteiger partial charge in [0.1, 0.15) is 11.9 Å². The summed E-state index contributed by atoms with van der Waals surface area (Å²) in [7, 11) is 0. The Morgan fingerprint density at radius 2 is 2.04 bits per heavy atom. The fraction of sp³-hybridized carbons (Fsp3) is 0.526. The van der Waals surface area contributed by atoms with Crippen molar-refractivity contribution in [2.24, 2.45) is 5.92 Å². The van der Waals surface area contributed by atoms with Crippen molar-refractivity contribution >= 4 is 17.5 Å². The zero-order valence-corrected chi connectivity index (χ0v) is 15.5. The highest BCUT2D eigenvalue weighted by Gasteiger charge is 2.37. The van der Waals surface area contributed by atoms with E-state index in [2.05, 4.69) is 17.6 Å². The highest BCUT2D eigenvalue weighted by atomic mass is 35.5. The minimum atomic E-state index is -0.251. The molecule has 1 aliphatic carbocycles. The van der Waals surface area contributed by atoms with Crippen LogP contribution < -0.4 is 10.1 Å². The molecular weight excluding hydrogens is 352 g/mol. The van der Waals surface area contributed by atoms with E-state index in [1.54, 1.807) is 23.1 Å². The van der Waals surface area contributed by atoms with E-state index in [-0.39, 0.29) is 36.1 Å². The van der Waals surface area contributed by atoms with Gasteiger partial charge in [-0.15, -0.1) is 0 Å². The summed E-state index contributed by atoms with van der Waals surface area (Å²) in [6.07, 6.45) is 4.39. The van der Waals surface area contributed by atoms with Crippen molar-refractivity contribution in [1.82, 2.24) is 10.2 Å². The van der Waals surface area contributed by atoms with Crippen LogP contribution in [0.15, 0.2) is 18.2 Å². The molecule has 1 aromatic carbocycles. The van der Waals surface area contributed by atoms with Crippen molar-refractivity contribution in [2.75, 3.05) is 0 Å². The molecule has 1 aliphatic heterocycles. The normalized spacial score (nSPS) is 30.0. The molecule has 1 saturated carbocycles. The summed E-state index contributed by atoms with van der Waals surface area (Å²) in [5.74, 6) is 0.425. The molecule has 1 heterocycles. The molecule has 26 heavy (non-hydrogen) atoms. The topological polar surface area (TPSA) is 89.2 Å². The lowest BCUT2D eigenvalue weighted by Crippen LogP contribution is -2.42. The molecule has 0 aromatic heterocycles. The molecule has 3 rings (SSSR count). The summed E-state index contributed by atoms with van der Waals surface area (Å²) in [6, 6.07) is 7.19. The molecule has 0 unspecified atom stereocenters. The number of benzene rings is 1. The molecule has 1 saturated heterocycles. The maximum absolute atomic E-state index is 12.6. The van der Waals surface area contributed by atoms with E-state index >= 15 is 0 Å². The Kier molecular flexibility index (Phi) is 5.25. The first-order valence-electron chi connectivity index (χ1n) is 8.77. The Hall–Kier alpha value is -2.44. The van der Waals surface area contributed by atoms with Gasteiger partial charge in [0.2, 0.25) is 0 Å². The first-order chi connectivity index (χ1) is 12.4. The van der Waals surface area contributed by atoms with Crippen LogP contribution in [0.25, 0.3) is 0 Å². The summed E-state index contributed by atoms with van der Waals surface area (Å²) >= 11 is 6.28. The lowest BCUT2D eigenvalue weighted by atomic mass is 9.83. The summed E-state index contributed by atoms with van der Waals surface area (Å²) < 4.78 is 5.78. The number of halogens is 1. The fourth-order valence-electron chi connectivity index (χ4n) is 3.60. The van der Waals surface area contributed by atoms with Crippen molar-refractivity contribution in [3.05, 3.63) is 28.8 Å². The number of carbonyl (C=O) groups is 1. The van der Waals surface area contributed by atoms with E-state index in [4.69, 9.17) is 21.6 Å². The summed E-state index contributed by atoms with van der Waals surface area (Å²) in [6.45, 7) is 3.91. The molecule has 1 N–H and O–H groups in total. The lowest BCUT2D eigenvalue weighted by molar-refractivity contribution is 0.0892. The van der Waals surface area contributed by atoms with Gasteiger partial charge in [0.25, 0.3) is 5.91 Å². The van der Waals surface area contributed by atoms with Gasteiger partial charge >= 0.3 is 0 Å². The van der Waals surface area contributed by atoms with E-state index in [0.29, 0.717) is 16.3 Å². The molecule has 7 heteroatoms. The third kappa shape index (κ3) is 3.57. The van der Waals surface area contributed by atoms with Gasteiger partial charge in [0.05, 0.1) is 34.7 Å². The van der Waals surface area contributed by atoms with E-state index < -0.39 is 0 Å². The average Bonchev–Trinajstić information content (AvgIpc) is 2.83. The quantitative estimate of drug-likeness (QED) is 0.820. The van der Waals surface area contributed by atoms with E-state index in [9.17, 15) is 10.1 Å². The number of likely N-dealkylation sites (tertiary alicyclic amines) is 1. The maximum Gasteiger partial charge on any atom is 0.253 e. The highest BCUT2D eigenvalue weighted by molar-refractivity contribution is 6.34. The van der Waals surface area contributed by atoms with Crippen LogP contribution in [0.4, 0.5) is 0 Å². The summed E-state index contributed by atoms with van der Waals surface area (Å²) in [5.41, 5.74) is 0.387. The van der Waals surface area contributed by atoms with Gasteiger partial charge in [-0.3, -0.25) is 4.79 Å². The number of rotatable bonds is 4. The average molecular weight is 373 g/mol. The van der Waals surface area contributed by atoms with E-state index in [1.165, 1.54) is 0 Å². The van der Waals surface area contributed by atoms with Gasteiger partial charge < -0.3 is 15.0 Å². The van der Waals surface area contributed by atoms with Gasteiger partial charge in [-0.25, -0.2) is 0 Å². The van der Waals surface area contributed by atoms with Crippen molar-refractivity contribution in [1.29, 1.82) is 10.5 Å². The Morgan fingerprint density at radius 3 is 2.62 bits per heavy atom. The summed E-state index contributed by atoms with van der Waals surface area (Å²) in [5, 5.41) is 21.3. The van der Waals surface area contributed by atoms with Crippen LogP contribution in [0, 0.1) is 28.7 Å². The van der Waals surface area contributed by atoms with Crippen LogP contribution in [-0.2, 0) is 0 Å². The molecule has 3 atom stereocenters. The monoisotopic (exact) mass is 372 g/mol. The molecule has 2 fully saturated rings. The third-order valence-corrected chi connectivity index (χ3v) is 5.60. The second-order valence-corrected chi connectivity index (χ2v) is 7.50. The molecular formula is C19H21ClN4O2. The molecule has 6 nitrogen and oxygen atoms in total. The SMILES string of the molecule is C[C@@H]1[C@H](NC(=O)c2ccc(OC3CC(C#N)C3)cc2Cl)C[C@H](C)N1C#N. The predicted octanol–water partition coefficient (Wildman–Crippen LogP) is 3.08. The van der Waals surface area contributed by atoms with Crippen molar-refractivity contribution < 1.29 is 9.53 Å². The molecule has 1 amide bonds. The molecule has 0 bridgehead atoms. The number of hydrogen-bond donors (Lipinski definition) is 1. The molecule has 0 radical (unpaired) electrons. The number of amides is 1. The van der Waals surface area contributed by atoms with E-state index in [1.807, 2.05) is 13.8 Å². The number of ether oxygens (including phenoxy) is 1. The van der Waals surface area contributed by atoms with Crippen molar-refractivity contribution in [2.45, 2.75) is 57.3 Å². The van der Waals surface area contributed by atoms with Crippen LogP contribution in [-0.4, -0.2) is 35.0 Å². The number of nitrogens with one attached hydrogen (secondary N) is 1. The second-order valence-electron chi connectivity index (χ2n) is 7.09. The number of nitrogens with zero attached hydrogens (tertiary/aromatic N) is 3. The Balaban J connectivity index is 1.62. The zero-order valence-electron chi connectivity index (χ0n) is 14.8. The van der Waals surface area contributed by atoms with Crippen LogP contribution in [0.1, 0.15) is 43.5 Å². The molecule has 0 spiro atoms. The highest BCUT2D eigenvalue weighted by Crippen LogP contribution is 2.32. The van der Waals surface area contributed by atoms with Crippen LogP contribution in [0.2, 0.25) is 5.02 Å². The van der Waals surface area contributed by atoms with Gasteiger partial charge in [-0.2, -0.15) is 10.5 Å². The Bertz CT molecular complexity index is 779. The minimum Gasteiger partial charge on any atom is -0.490 e. The fourth-order valence-corrected chi connectivity index (χ4v) is 3.86. The minimum absolute atomic E-state index is 0.0354. The number of nitriles is 2. The molecule has 1 aromatic rings. The van der Waals surface area contributed by atoms with Crippen LogP contribution >= 0.6 is 11.6 Å². The van der Waals surface area contributed by atoms with Crippen LogP contribution in [0.5, 0.6) is 5.75 Å². The van der Waals surface area contributed by atoms with Crippen LogP contribution in [0.3, 0.4) is 0 Å². The molecule has 136 valence electrons. The molecule has 2 aliphatic rings. The zero-order chi connectivity index (χ0) is 18.8. The van der Waals surface area contributed by atoms with E-state index in [0.717, 1.165) is 19.3 Å². The Labute approximate surface area is 158 Å². The first-order valence-corrected chi connectivity index (χ1v) is 9.15. The van der Waals surface area contributed by atoms with Gasteiger partial charge in [-0.05, 0) is 38.5 Å². The smallest absolute Gasteiger partial charge is 0.253 e. The second kappa shape index (κ2) is 7.43. The number of hydrogen-bond acceptors (Lipinski definition) is 5. The van der Waals surface area contributed by atoms with Crippen molar-refractivity contribution in [3.63, 3.8) is 0 Å². The standard InChI is InChI=1S/C19H21ClN4O2/c1-11-5-18(12(2)24(11)10-22)23-19(25)16-4-3-14(8-17(16)20)26-15-6-13(7-15)9-21/h3-4,8,11-13,15,18H,5-7H2,1-2H3,(H,23,25)/t11-,12+,13?,15?,18+/m0/s1. The largest absolute Gasteiger partial charge is 0.490 e. The summed E-state index contributed by atoms with van der Waals surface area (Å²) in [4.78, 5) is 14.3. The van der Waals surface area contributed by atoms with Gasteiger partial charge in [-0.1, -0.05) is 11.6 Å². The third-order valence-electron chi connectivity index (χ3n) is 5.29. The lowest BCUT2D eigenvalue weighted by Gasteiger charge is -2.31. The number of carbonyl (C=O) groups excluding carboxylic acids is 1. The van der Waals surface area contributed by atoms with Gasteiger partial charge in [0, 0.05) is 18.9 Å². The Morgan fingerprint density at radius 1 is 1.31 bits per heavy atom.